The number of carboxylic acid groups (broad SMARTS) is 1. The summed E-state index contributed by atoms with van der Waals surface area (Å²) in [6, 6.07) is -6.88. The fourth-order valence-corrected chi connectivity index (χ4v) is 17.1. The number of hydrogen-bond acceptors (Lipinski definition) is 24. The number of benzene rings is 1. The maximum absolute atomic E-state index is 15.7. The number of ketones is 5. The predicted molar refractivity (Wildman–Crippen MR) is 300 cm³/mol. The lowest BCUT2D eigenvalue weighted by molar-refractivity contribution is -0.144. The molecule has 30 heteroatoms. The van der Waals surface area contributed by atoms with E-state index in [0.717, 1.165) is 21.6 Å². The number of aliphatic hydroxyl groups excluding tert-OH is 1. The third-order valence-electron chi connectivity index (χ3n) is 14.0. The van der Waals surface area contributed by atoms with Gasteiger partial charge in [-0.05, 0) is 57.2 Å². The van der Waals surface area contributed by atoms with E-state index in [1.165, 1.54) is 79.0 Å². The molecule has 5 aliphatic rings. The third-order valence-corrected chi connectivity index (χ3v) is 21.4. The molecule has 1 aromatic rings. The summed E-state index contributed by atoms with van der Waals surface area (Å²) in [7, 11) is 6.99. The number of nitrogens with one attached hydrogen (secondary N) is 7. The van der Waals surface area contributed by atoms with Gasteiger partial charge in [0.1, 0.15) is 23.9 Å². The Kier molecular flexibility index (Phi) is 24.5. The van der Waals surface area contributed by atoms with Crippen molar-refractivity contribution in [3.63, 3.8) is 0 Å². The molecule has 0 saturated carbocycles. The highest BCUT2D eigenvalue weighted by Crippen LogP contribution is 2.34. The second-order valence-corrected chi connectivity index (χ2v) is 27.4. The molecule has 0 spiro atoms. The van der Waals surface area contributed by atoms with Crippen molar-refractivity contribution in [2.45, 2.75) is 126 Å². The first-order valence-corrected chi connectivity index (χ1v) is 32.9. The van der Waals surface area contributed by atoms with Crippen LogP contribution in [0.4, 0.5) is 0 Å². The van der Waals surface area contributed by atoms with Crippen LogP contribution < -0.4 is 43.2 Å². The van der Waals surface area contributed by atoms with Crippen molar-refractivity contribution < 1.29 is 68.1 Å². The minimum absolute atomic E-state index is 0.0201. The van der Waals surface area contributed by atoms with E-state index in [9.17, 15) is 63.3 Å². The van der Waals surface area contributed by atoms with Gasteiger partial charge in [-0.3, -0.25) is 63.4 Å². The van der Waals surface area contributed by atoms with Crippen molar-refractivity contribution in [3.05, 3.63) is 29.8 Å². The number of carboxylic acids is 1. The van der Waals surface area contributed by atoms with E-state index in [-0.39, 0.29) is 72.1 Å². The first-order valence-electron chi connectivity index (χ1n) is 25.5. The van der Waals surface area contributed by atoms with Crippen LogP contribution in [0.2, 0.25) is 0 Å². The summed E-state index contributed by atoms with van der Waals surface area (Å²) in [6.45, 7) is 3.85. The van der Waals surface area contributed by atoms with E-state index in [4.69, 9.17) is 5.73 Å². The minimum Gasteiger partial charge on any atom is -0.508 e. The fourth-order valence-electron chi connectivity index (χ4n) is 9.39. The molecule has 0 aliphatic carbocycles. The van der Waals surface area contributed by atoms with Crippen molar-refractivity contribution in [1.29, 1.82) is 0 Å². The standard InChI is InChI=1S/C48H68N10O14S6/c1-23-16-73-74-17-28-32-18-75-77-20-34-48(72)58(22-51-34)36(44(68)43(67)29(10-11-39(63)64)55-56-30(42(28)66)13-26-6-8-27(60)9-7-26)21-78-76-19-33(54-40(25(3)59)46(70)50-15-37(23)61)41(65)24(2)52-45(69)35-5-4-12-57(35)47(71)31(53-32)14-38(49)62/h6-9,23-25,28-36,40,51,53-56,59-60H,4-5,10-22H2,1-3H3,(H2,49,62)(H,50,70)(H,52,69)(H,63,64)/t23?,24-,25+,28?,29-,30-,31-,32?,33?,34?,35-,36?,40-/m0/s1. The lowest BCUT2D eigenvalue weighted by Gasteiger charge is -2.35. The van der Waals surface area contributed by atoms with Gasteiger partial charge in [-0.2, -0.15) is 0 Å². The fraction of sp³-hybridized carbons (Fsp3) is 0.646. The SMILES string of the molecule is CC1CSSCC2C(=O)[C@H](Cc3ccc(O)cc3)NN[C@@H](CCC(=O)O)C(=O)C(=O)C3CSSCC(N[C@@H]([C@@H](C)O)C(=O)NCC1=O)C(=O)[C@H](C)NC(=O)[C@@H]1CCCN1C(=O)[C@H](CC(N)=O)NC2CSSCC1NCN3C1=O. The number of phenols is 1. The van der Waals surface area contributed by atoms with Crippen LogP contribution in [0.25, 0.3) is 0 Å². The van der Waals surface area contributed by atoms with Crippen LogP contribution in [0, 0.1) is 11.8 Å². The number of nitrogens with two attached hydrogens (primary N) is 1. The van der Waals surface area contributed by atoms with Gasteiger partial charge in [0, 0.05) is 65.4 Å². The number of carbonyl (C=O) groups excluding carboxylic acids is 10. The molecule has 6 unspecified atom stereocenters. The van der Waals surface area contributed by atoms with Crippen LogP contribution in [0.1, 0.15) is 58.4 Å². The lowest BCUT2D eigenvalue weighted by atomic mass is 9.89. The molecule has 5 amide bonds. The Hall–Kier alpha value is -3.95. The zero-order valence-corrected chi connectivity index (χ0v) is 48.1. The van der Waals surface area contributed by atoms with Crippen LogP contribution in [0.5, 0.6) is 5.75 Å². The second-order valence-electron chi connectivity index (χ2n) is 19.7. The number of rotatable bonds is 8. The maximum atomic E-state index is 15.7. The predicted octanol–water partition coefficient (Wildman–Crippen LogP) is -1.44. The van der Waals surface area contributed by atoms with Crippen LogP contribution in [0.3, 0.4) is 0 Å². The third kappa shape index (κ3) is 17.3. The highest BCUT2D eigenvalue weighted by molar-refractivity contribution is 8.77. The van der Waals surface area contributed by atoms with Gasteiger partial charge in [0.05, 0.1) is 62.0 Å². The number of aliphatic carboxylic acids is 1. The van der Waals surface area contributed by atoms with Gasteiger partial charge in [-0.25, -0.2) is 10.9 Å². The van der Waals surface area contributed by atoms with Crippen molar-refractivity contribution >= 4 is 129 Å². The Bertz CT molecular complexity index is 2400. The van der Waals surface area contributed by atoms with Gasteiger partial charge in [0.2, 0.25) is 41.1 Å². The number of aromatic hydroxyl groups is 1. The molecule has 430 valence electrons. The molecule has 12 N–H and O–H groups in total. The quantitative estimate of drug-likeness (QED) is 0.105. The molecule has 5 aliphatic heterocycles. The van der Waals surface area contributed by atoms with Gasteiger partial charge in [-0.1, -0.05) is 83.8 Å². The van der Waals surface area contributed by atoms with Gasteiger partial charge < -0.3 is 46.8 Å². The molecule has 13 atom stereocenters. The summed E-state index contributed by atoms with van der Waals surface area (Å²) in [4.78, 5) is 158. The first-order chi connectivity index (χ1) is 37.1. The molecule has 1 aromatic carbocycles. The molecular weight excluding hydrogens is 1130 g/mol. The summed E-state index contributed by atoms with van der Waals surface area (Å²) in [5, 5.41) is 45.7. The normalized spacial score (nSPS) is 32.0. The average Bonchev–Trinajstić information content (AvgIpc) is 4.06. The number of aliphatic hydroxyl groups is 1. The largest absolute Gasteiger partial charge is 0.508 e. The van der Waals surface area contributed by atoms with E-state index in [1.54, 1.807) is 19.1 Å². The zero-order chi connectivity index (χ0) is 56.8. The van der Waals surface area contributed by atoms with Crippen molar-refractivity contribution in [2.75, 3.05) is 54.3 Å². The number of amides is 5. The summed E-state index contributed by atoms with van der Waals surface area (Å²) in [6.07, 6.45) is -2.62. The van der Waals surface area contributed by atoms with Gasteiger partial charge in [0.15, 0.2) is 17.3 Å². The number of carbonyl (C=O) groups is 11. The number of Topliss-reactive ketones (excluding diaryl/α,β-unsaturated/α-hetero) is 5. The Morgan fingerprint density at radius 1 is 0.744 bits per heavy atom. The highest BCUT2D eigenvalue weighted by Gasteiger charge is 2.45. The van der Waals surface area contributed by atoms with Crippen LogP contribution in [0.15, 0.2) is 24.3 Å². The van der Waals surface area contributed by atoms with Crippen LogP contribution in [-0.4, -0.2) is 210 Å². The van der Waals surface area contributed by atoms with E-state index in [0.29, 0.717) is 12.0 Å². The summed E-state index contributed by atoms with van der Waals surface area (Å²) < 4.78 is 0. The molecule has 5 heterocycles. The maximum Gasteiger partial charge on any atom is 0.303 e. The van der Waals surface area contributed by atoms with E-state index < -0.39 is 163 Å². The van der Waals surface area contributed by atoms with Gasteiger partial charge in [-0.15, -0.1) is 0 Å². The Morgan fingerprint density at radius 2 is 1.40 bits per heavy atom. The van der Waals surface area contributed by atoms with Crippen LogP contribution >= 0.6 is 64.8 Å². The van der Waals surface area contributed by atoms with Gasteiger partial charge in [0.25, 0.3) is 0 Å². The minimum atomic E-state index is -1.58. The summed E-state index contributed by atoms with van der Waals surface area (Å²) in [5.74, 6) is -10.6. The van der Waals surface area contributed by atoms with Crippen molar-refractivity contribution in [3.8, 4) is 5.75 Å². The van der Waals surface area contributed by atoms with Gasteiger partial charge >= 0.3 is 5.97 Å². The summed E-state index contributed by atoms with van der Waals surface area (Å²) in [5.41, 5.74) is 12.2. The Morgan fingerprint density at radius 3 is 2.09 bits per heavy atom. The molecule has 6 rings (SSSR count). The molecule has 78 heavy (non-hydrogen) atoms. The van der Waals surface area contributed by atoms with Crippen molar-refractivity contribution in [1.82, 2.24) is 47.2 Å². The molecule has 0 radical (unpaired) electrons. The van der Waals surface area contributed by atoms with E-state index in [2.05, 4.69) is 37.4 Å². The number of fused-ring (bicyclic) bond motifs is 9. The monoisotopic (exact) mass is 1200 g/mol. The van der Waals surface area contributed by atoms with E-state index >= 15 is 4.79 Å². The number of phenolic OH excluding ortho intramolecular Hbond substituents is 1. The summed E-state index contributed by atoms with van der Waals surface area (Å²) >= 11 is 0. The molecule has 0 aromatic heterocycles. The molecule has 24 nitrogen and oxygen atoms in total. The first kappa shape index (κ1) is 63.2. The van der Waals surface area contributed by atoms with Crippen LogP contribution in [-0.2, 0) is 59.2 Å². The number of hydrazine groups is 1. The molecule has 5 saturated heterocycles. The molecule has 5 bridgehead atoms. The number of hydrogen-bond donors (Lipinski definition) is 11. The molecule has 5 fully saturated rings. The number of primary amides is 1. The second kappa shape index (κ2) is 30.2. The zero-order valence-electron chi connectivity index (χ0n) is 43.2. The average molecular weight is 1200 g/mol. The Balaban J connectivity index is 1.57. The van der Waals surface area contributed by atoms with E-state index in [1.807, 2.05) is 0 Å². The molecular formula is C48H68N10O14S6. The highest BCUT2D eigenvalue weighted by atomic mass is 33.1. The topological polar surface area (TPSA) is 365 Å². The Labute approximate surface area is 475 Å². The van der Waals surface area contributed by atoms with Crippen molar-refractivity contribution in [2.24, 2.45) is 17.6 Å². The lowest BCUT2D eigenvalue weighted by Crippen LogP contribution is -2.61. The number of nitrogens with zero attached hydrogens (tertiary/aromatic N) is 2. The smallest absolute Gasteiger partial charge is 0.303 e.